The maximum absolute atomic E-state index is 12.2. The molecule has 0 unspecified atom stereocenters. The van der Waals surface area contributed by atoms with E-state index in [1.54, 1.807) is 36.4 Å². The molecule has 3 aromatic carbocycles. The molecule has 0 aliphatic heterocycles. The molecule has 0 radical (unpaired) electrons. The second-order valence-electron chi connectivity index (χ2n) is 6.48. The molecule has 0 fully saturated rings. The quantitative estimate of drug-likeness (QED) is 0.352. The number of benzene rings is 3. The number of rotatable bonds is 8. The van der Waals surface area contributed by atoms with Crippen molar-refractivity contribution in [3.05, 3.63) is 96.1 Å². The molecule has 156 valence electrons. The first-order valence-electron chi connectivity index (χ1n) is 9.40. The number of hydrogen-bond acceptors (Lipinski definition) is 4. The Labute approximate surface area is 184 Å². The zero-order chi connectivity index (χ0) is 22.1. The van der Waals surface area contributed by atoms with Crippen LogP contribution in [0.1, 0.15) is 15.9 Å². The summed E-state index contributed by atoms with van der Waals surface area (Å²) in [5, 5.41) is 14.5. The molecular weight excluding hydrogens is 412 g/mol. The van der Waals surface area contributed by atoms with Gasteiger partial charge in [-0.05, 0) is 48.0 Å². The highest BCUT2D eigenvalue weighted by Crippen LogP contribution is 2.22. The largest absolute Gasteiger partial charge is 0.478 e. The van der Waals surface area contributed by atoms with Gasteiger partial charge in [-0.15, -0.1) is 11.8 Å². The zero-order valence-electron chi connectivity index (χ0n) is 16.4. The van der Waals surface area contributed by atoms with Crippen molar-refractivity contribution in [2.24, 2.45) is 0 Å². The highest BCUT2D eigenvalue weighted by Gasteiger charge is 2.08. The number of amides is 2. The summed E-state index contributed by atoms with van der Waals surface area (Å²) < 4.78 is 0. The highest BCUT2D eigenvalue weighted by molar-refractivity contribution is 8.00. The molecule has 0 aromatic heterocycles. The van der Waals surface area contributed by atoms with E-state index in [9.17, 15) is 14.4 Å². The molecule has 0 bridgehead atoms. The molecule has 3 rings (SSSR count). The minimum atomic E-state index is -1.05. The normalized spacial score (nSPS) is 10.6. The number of nitrogens with one attached hydrogen (secondary N) is 2. The molecule has 2 amide bonds. The van der Waals surface area contributed by atoms with Crippen LogP contribution in [0.15, 0.2) is 89.8 Å². The summed E-state index contributed by atoms with van der Waals surface area (Å²) in [6.45, 7) is 0. The average molecular weight is 433 g/mol. The van der Waals surface area contributed by atoms with Crippen LogP contribution >= 0.6 is 11.8 Å². The second kappa shape index (κ2) is 10.8. The fraction of sp³-hybridized carbons (Fsp3) is 0.0417. The van der Waals surface area contributed by atoms with E-state index in [0.29, 0.717) is 11.4 Å². The monoisotopic (exact) mass is 432 g/mol. The van der Waals surface area contributed by atoms with E-state index in [0.717, 1.165) is 10.5 Å². The van der Waals surface area contributed by atoms with E-state index in [4.69, 9.17) is 5.11 Å². The summed E-state index contributed by atoms with van der Waals surface area (Å²) in [6, 6.07) is 22.8. The maximum atomic E-state index is 12.2. The van der Waals surface area contributed by atoms with Crippen molar-refractivity contribution in [3.8, 4) is 0 Å². The van der Waals surface area contributed by atoms with Crippen LogP contribution in [0.5, 0.6) is 0 Å². The van der Waals surface area contributed by atoms with Crippen LogP contribution in [0.2, 0.25) is 0 Å². The number of hydrogen-bond donors (Lipinski definition) is 3. The first-order chi connectivity index (χ1) is 15.0. The van der Waals surface area contributed by atoms with Crippen molar-refractivity contribution in [3.63, 3.8) is 0 Å². The Morgan fingerprint density at radius 2 is 1.55 bits per heavy atom. The molecule has 0 atom stereocenters. The second-order valence-corrected chi connectivity index (χ2v) is 7.53. The summed E-state index contributed by atoms with van der Waals surface area (Å²) in [5.74, 6) is -1.42. The van der Waals surface area contributed by atoms with Gasteiger partial charge in [-0.2, -0.15) is 0 Å². The Kier molecular flexibility index (Phi) is 7.61. The van der Waals surface area contributed by atoms with Gasteiger partial charge in [0.2, 0.25) is 11.8 Å². The van der Waals surface area contributed by atoms with Crippen LogP contribution in [0, 0.1) is 0 Å². The molecule has 7 heteroatoms. The van der Waals surface area contributed by atoms with E-state index in [1.807, 2.05) is 36.4 Å². The lowest BCUT2D eigenvalue weighted by atomic mass is 10.2. The molecule has 0 spiro atoms. The zero-order valence-corrected chi connectivity index (χ0v) is 17.3. The van der Waals surface area contributed by atoms with Crippen LogP contribution < -0.4 is 10.6 Å². The van der Waals surface area contributed by atoms with Crippen molar-refractivity contribution < 1.29 is 19.5 Å². The maximum Gasteiger partial charge on any atom is 0.335 e. The van der Waals surface area contributed by atoms with E-state index in [-0.39, 0.29) is 23.1 Å². The van der Waals surface area contributed by atoms with Crippen LogP contribution in [-0.2, 0) is 9.59 Å². The Bertz CT molecular complexity index is 1110. The van der Waals surface area contributed by atoms with E-state index in [2.05, 4.69) is 10.6 Å². The van der Waals surface area contributed by atoms with Crippen molar-refractivity contribution in [2.45, 2.75) is 4.90 Å². The fourth-order valence-corrected chi connectivity index (χ4v) is 3.41. The fourth-order valence-electron chi connectivity index (χ4n) is 2.66. The lowest BCUT2D eigenvalue weighted by Gasteiger charge is -2.07. The third-order valence-corrected chi connectivity index (χ3v) is 5.09. The van der Waals surface area contributed by atoms with E-state index >= 15 is 0 Å². The Morgan fingerprint density at radius 3 is 2.29 bits per heavy atom. The number of aromatic carboxylic acids is 1. The van der Waals surface area contributed by atoms with Crippen molar-refractivity contribution in [1.29, 1.82) is 0 Å². The molecule has 0 saturated heterocycles. The Balaban J connectivity index is 1.52. The van der Waals surface area contributed by atoms with Gasteiger partial charge >= 0.3 is 5.97 Å². The summed E-state index contributed by atoms with van der Waals surface area (Å²) in [4.78, 5) is 36.2. The third-order valence-electron chi connectivity index (χ3n) is 4.09. The topological polar surface area (TPSA) is 95.5 Å². The van der Waals surface area contributed by atoms with Gasteiger partial charge in [0, 0.05) is 22.3 Å². The van der Waals surface area contributed by atoms with Gasteiger partial charge in [-0.3, -0.25) is 9.59 Å². The number of carbonyl (C=O) groups excluding carboxylic acids is 2. The van der Waals surface area contributed by atoms with Gasteiger partial charge in [0.25, 0.3) is 0 Å². The number of anilines is 2. The van der Waals surface area contributed by atoms with Gasteiger partial charge < -0.3 is 15.7 Å². The number of carboxylic acid groups (broad SMARTS) is 1. The number of carboxylic acids is 1. The Morgan fingerprint density at radius 1 is 0.839 bits per heavy atom. The molecule has 6 nitrogen and oxygen atoms in total. The molecular formula is C24H20N2O4S. The highest BCUT2D eigenvalue weighted by atomic mass is 32.2. The molecule has 0 heterocycles. The molecule has 3 N–H and O–H groups in total. The molecule has 0 aliphatic carbocycles. The van der Waals surface area contributed by atoms with E-state index < -0.39 is 5.97 Å². The van der Waals surface area contributed by atoms with Crippen LogP contribution in [-0.4, -0.2) is 28.6 Å². The Hall–Kier alpha value is -3.84. The van der Waals surface area contributed by atoms with Crippen LogP contribution in [0.4, 0.5) is 11.4 Å². The smallest absolute Gasteiger partial charge is 0.335 e. The average Bonchev–Trinajstić information content (AvgIpc) is 2.77. The van der Waals surface area contributed by atoms with Gasteiger partial charge in [0.15, 0.2) is 0 Å². The lowest BCUT2D eigenvalue weighted by Crippen LogP contribution is -2.14. The third kappa shape index (κ3) is 7.17. The van der Waals surface area contributed by atoms with Crippen LogP contribution in [0.3, 0.4) is 0 Å². The van der Waals surface area contributed by atoms with Gasteiger partial charge in [-0.25, -0.2) is 4.79 Å². The molecule has 3 aromatic rings. The van der Waals surface area contributed by atoms with Gasteiger partial charge in [0.05, 0.1) is 11.3 Å². The first kappa shape index (κ1) is 21.9. The minimum Gasteiger partial charge on any atom is -0.478 e. The lowest BCUT2D eigenvalue weighted by molar-refractivity contribution is -0.114. The number of carbonyl (C=O) groups is 3. The predicted octanol–water partition coefficient (Wildman–Crippen LogP) is 4.77. The predicted molar refractivity (Wildman–Crippen MR) is 123 cm³/mol. The van der Waals surface area contributed by atoms with Crippen LogP contribution in [0.25, 0.3) is 6.08 Å². The van der Waals surface area contributed by atoms with Crippen molar-refractivity contribution >= 4 is 47.0 Å². The summed E-state index contributed by atoms with van der Waals surface area (Å²) >= 11 is 1.31. The number of thioether (sulfide) groups is 1. The standard InChI is InChI=1S/C24H20N2O4S/c27-22(13-12-17-6-2-1-3-7-17)25-20-10-5-11-21(15-20)31-16-23(28)26-19-9-4-8-18(14-19)24(29)30/h1-15H,16H2,(H,25,27)(H,26,28)(H,29,30)/b13-12+. The van der Waals surface area contributed by atoms with Crippen molar-refractivity contribution in [1.82, 2.24) is 0 Å². The van der Waals surface area contributed by atoms with Gasteiger partial charge in [-0.1, -0.05) is 42.5 Å². The SMILES string of the molecule is O=C(/C=C/c1ccccc1)Nc1cccc(SCC(=O)Nc2cccc(C(=O)O)c2)c1. The molecule has 0 aliphatic rings. The molecule has 0 saturated carbocycles. The summed E-state index contributed by atoms with van der Waals surface area (Å²) in [5.41, 5.74) is 2.09. The summed E-state index contributed by atoms with van der Waals surface area (Å²) in [7, 11) is 0. The minimum absolute atomic E-state index is 0.107. The van der Waals surface area contributed by atoms with Crippen molar-refractivity contribution in [2.75, 3.05) is 16.4 Å². The molecule has 31 heavy (non-hydrogen) atoms. The summed E-state index contributed by atoms with van der Waals surface area (Å²) in [6.07, 6.45) is 3.20. The van der Waals surface area contributed by atoms with Gasteiger partial charge in [0.1, 0.15) is 0 Å². The van der Waals surface area contributed by atoms with E-state index in [1.165, 1.54) is 30.0 Å². The first-order valence-corrected chi connectivity index (χ1v) is 10.4.